The first kappa shape index (κ1) is 15.0. The molecule has 6 heteroatoms. The zero-order chi connectivity index (χ0) is 14.5. The summed E-state index contributed by atoms with van der Waals surface area (Å²) in [6, 6.07) is 4.52. The second-order valence-corrected chi connectivity index (χ2v) is 5.27. The van der Waals surface area contributed by atoms with Gasteiger partial charge in [-0.05, 0) is 42.5 Å². The van der Waals surface area contributed by atoms with Gasteiger partial charge in [0.05, 0.1) is 6.20 Å². The first-order valence-electron chi connectivity index (χ1n) is 6.46. The number of benzene rings is 1. The van der Waals surface area contributed by atoms with Crippen molar-refractivity contribution in [2.75, 3.05) is 0 Å². The molecular weight excluding hydrogens is 279 g/mol. The third-order valence-electron chi connectivity index (χ3n) is 3.26. The number of nitrogens with two attached hydrogens (primary N) is 1. The molecule has 2 rings (SSSR count). The lowest BCUT2D eigenvalue weighted by molar-refractivity contribution is 0.491. The molecule has 0 fully saturated rings. The van der Waals surface area contributed by atoms with Gasteiger partial charge in [0, 0.05) is 24.3 Å². The topological polar surface area (TPSA) is 55.9 Å². The molecule has 0 aliphatic rings. The fourth-order valence-corrected chi connectivity index (χ4v) is 2.38. The van der Waals surface area contributed by atoms with Crippen molar-refractivity contribution in [1.82, 2.24) is 15.2 Å². The molecule has 1 atom stereocenters. The number of hydrogen-bond acceptors (Lipinski definition) is 3. The van der Waals surface area contributed by atoms with Gasteiger partial charge >= 0.3 is 0 Å². The van der Waals surface area contributed by atoms with Crippen LogP contribution in [-0.4, -0.2) is 15.8 Å². The number of aryl methyl sites for hydroxylation is 2. The van der Waals surface area contributed by atoms with E-state index in [2.05, 4.69) is 10.5 Å². The van der Waals surface area contributed by atoms with E-state index in [1.807, 2.05) is 19.4 Å². The van der Waals surface area contributed by atoms with Gasteiger partial charge in [-0.25, -0.2) is 4.39 Å². The maximum absolute atomic E-state index is 13.0. The average molecular weight is 297 g/mol. The molecule has 2 aromatic rings. The van der Waals surface area contributed by atoms with Gasteiger partial charge in [0.15, 0.2) is 0 Å². The maximum atomic E-state index is 13.0. The van der Waals surface area contributed by atoms with Gasteiger partial charge in [-0.1, -0.05) is 17.7 Å². The van der Waals surface area contributed by atoms with Crippen molar-refractivity contribution in [1.29, 1.82) is 0 Å². The molecule has 0 saturated carbocycles. The Morgan fingerprint density at radius 2 is 2.30 bits per heavy atom. The molecule has 1 unspecified atom stereocenters. The van der Waals surface area contributed by atoms with E-state index in [9.17, 15) is 4.39 Å². The Morgan fingerprint density at radius 1 is 1.50 bits per heavy atom. The van der Waals surface area contributed by atoms with Crippen LogP contribution in [0.2, 0.25) is 5.02 Å². The van der Waals surface area contributed by atoms with Crippen molar-refractivity contribution in [3.05, 3.63) is 52.6 Å². The lowest BCUT2D eigenvalue weighted by Gasteiger charge is -2.16. The molecule has 20 heavy (non-hydrogen) atoms. The number of hydrazine groups is 1. The molecule has 1 aromatic heterocycles. The predicted octanol–water partition coefficient (Wildman–Crippen LogP) is 2.22. The zero-order valence-corrected chi connectivity index (χ0v) is 12.1. The van der Waals surface area contributed by atoms with E-state index in [4.69, 9.17) is 17.4 Å². The lowest BCUT2D eigenvalue weighted by Crippen LogP contribution is -2.37. The summed E-state index contributed by atoms with van der Waals surface area (Å²) in [5.74, 6) is 5.25. The summed E-state index contributed by atoms with van der Waals surface area (Å²) >= 11 is 6.03. The van der Waals surface area contributed by atoms with Crippen LogP contribution in [0.15, 0.2) is 30.6 Å². The van der Waals surface area contributed by atoms with E-state index < -0.39 is 0 Å². The van der Waals surface area contributed by atoms with Crippen LogP contribution < -0.4 is 11.3 Å². The first-order valence-corrected chi connectivity index (χ1v) is 6.84. The molecular formula is C14H18ClFN4. The molecule has 1 heterocycles. The van der Waals surface area contributed by atoms with E-state index in [1.165, 1.54) is 12.1 Å². The first-order chi connectivity index (χ1) is 9.58. The second-order valence-electron chi connectivity index (χ2n) is 4.86. The largest absolute Gasteiger partial charge is 0.276 e. The van der Waals surface area contributed by atoms with Crippen LogP contribution in [0.25, 0.3) is 0 Å². The van der Waals surface area contributed by atoms with Crippen molar-refractivity contribution in [3.63, 3.8) is 0 Å². The summed E-state index contributed by atoms with van der Waals surface area (Å²) in [6.45, 7) is 0. The number of nitrogens with zero attached hydrogens (tertiary/aromatic N) is 2. The van der Waals surface area contributed by atoms with E-state index in [-0.39, 0.29) is 11.9 Å². The van der Waals surface area contributed by atoms with Crippen LogP contribution in [-0.2, 0) is 19.9 Å². The van der Waals surface area contributed by atoms with E-state index in [0.29, 0.717) is 11.4 Å². The van der Waals surface area contributed by atoms with Gasteiger partial charge < -0.3 is 0 Å². The highest BCUT2D eigenvalue weighted by Crippen LogP contribution is 2.19. The van der Waals surface area contributed by atoms with Crippen molar-refractivity contribution < 1.29 is 4.39 Å². The Bertz CT molecular complexity index is 570. The number of hydrogen-bond donors (Lipinski definition) is 2. The average Bonchev–Trinajstić information content (AvgIpc) is 2.82. The quantitative estimate of drug-likeness (QED) is 0.635. The molecule has 0 radical (unpaired) electrons. The third kappa shape index (κ3) is 4.03. The SMILES string of the molecule is Cn1cc(CCC(Cc2ccc(F)cc2Cl)NN)cn1. The van der Waals surface area contributed by atoms with Crippen LogP contribution in [0, 0.1) is 5.82 Å². The summed E-state index contributed by atoms with van der Waals surface area (Å²) in [5.41, 5.74) is 4.85. The lowest BCUT2D eigenvalue weighted by atomic mass is 10.0. The molecule has 0 aliphatic carbocycles. The van der Waals surface area contributed by atoms with Crippen molar-refractivity contribution in [2.24, 2.45) is 12.9 Å². The molecule has 1 aromatic carbocycles. The van der Waals surface area contributed by atoms with Gasteiger partial charge in [-0.15, -0.1) is 0 Å². The minimum absolute atomic E-state index is 0.0816. The minimum Gasteiger partial charge on any atom is -0.276 e. The highest BCUT2D eigenvalue weighted by molar-refractivity contribution is 6.31. The summed E-state index contributed by atoms with van der Waals surface area (Å²) < 4.78 is 14.8. The fourth-order valence-electron chi connectivity index (χ4n) is 2.14. The molecule has 0 aliphatic heterocycles. The normalized spacial score (nSPS) is 12.6. The minimum atomic E-state index is -0.327. The van der Waals surface area contributed by atoms with Crippen LogP contribution in [0.5, 0.6) is 0 Å². The Kier molecular flexibility index (Phi) is 5.11. The van der Waals surface area contributed by atoms with E-state index >= 15 is 0 Å². The standard InChI is InChI=1S/C14H18ClFN4/c1-20-9-10(8-18-20)2-5-13(19-17)6-11-3-4-12(16)7-14(11)15/h3-4,7-9,13,19H,2,5-6,17H2,1H3. The Morgan fingerprint density at radius 3 is 2.90 bits per heavy atom. The predicted molar refractivity (Wildman–Crippen MR) is 77.8 cm³/mol. The van der Waals surface area contributed by atoms with Crippen molar-refractivity contribution in [3.8, 4) is 0 Å². The van der Waals surface area contributed by atoms with Crippen LogP contribution in [0.3, 0.4) is 0 Å². The summed E-state index contributed by atoms with van der Waals surface area (Å²) in [4.78, 5) is 0. The van der Waals surface area contributed by atoms with E-state index in [0.717, 1.165) is 24.0 Å². The monoisotopic (exact) mass is 296 g/mol. The molecule has 0 spiro atoms. The van der Waals surface area contributed by atoms with Gasteiger partial charge in [0.1, 0.15) is 5.82 Å². The van der Waals surface area contributed by atoms with Crippen LogP contribution >= 0.6 is 11.6 Å². The van der Waals surface area contributed by atoms with Crippen molar-refractivity contribution in [2.45, 2.75) is 25.3 Å². The molecule has 3 N–H and O–H groups in total. The van der Waals surface area contributed by atoms with Crippen LogP contribution in [0.4, 0.5) is 4.39 Å². The van der Waals surface area contributed by atoms with Gasteiger partial charge in [-0.2, -0.15) is 5.10 Å². The van der Waals surface area contributed by atoms with Gasteiger partial charge in [0.2, 0.25) is 0 Å². The summed E-state index contributed by atoms with van der Waals surface area (Å²) in [7, 11) is 1.89. The maximum Gasteiger partial charge on any atom is 0.124 e. The molecule has 108 valence electrons. The van der Waals surface area contributed by atoms with E-state index in [1.54, 1.807) is 10.7 Å². The summed E-state index contributed by atoms with van der Waals surface area (Å²) in [6.07, 6.45) is 6.23. The third-order valence-corrected chi connectivity index (χ3v) is 3.61. The Hall–Kier alpha value is -1.43. The van der Waals surface area contributed by atoms with Gasteiger partial charge in [-0.3, -0.25) is 16.0 Å². The zero-order valence-electron chi connectivity index (χ0n) is 11.3. The highest BCUT2D eigenvalue weighted by atomic mass is 35.5. The number of aromatic nitrogens is 2. The molecule has 4 nitrogen and oxygen atoms in total. The Balaban J connectivity index is 1.94. The van der Waals surface area contributed by atoms with Crippen LogP contribution in [0.1, 0.15) is 17.5 Å². The number of rotatable bonds is 6. The number of halogens is 2. The Labute approximate surface area is 122 Å². The van der Waals surface area contributed by atoms with Gasteiger partial charge in [0.25, 0.3) is 0 Å². The molecule has 0 bridgehead atoms. The fraction of sp³-hybridized carbons (Fsp3) is 0.357. The molecule has 0 saturated heterocycles. The van der Waals surface area contributed by atoms with Crippen molar-refractivity contribution >= 4 is 11.6 Å². The summed E-state index contributed by atoms with van der Waals surface area (Å²) in [5, 5.41) is 4.57. The smallest absolute Gasteiger partial charge is 0.124 e. The molecule has 0 amide bonds. The number of nitrogens with one attached hydrogen (secondary N) is 1. The highest BCUT2D eigenvalue weighted by Gasteiger charge is 2.11. The second kappa shape index (κ2) is 6.83.